The number of benzene rings is 1. The van der Waals surface area contributed by atoms with E-state index in [0.29, 0.717) is 5.92 Å². The van der Waals surface area contributed by atoms with Crippen molar-refractivity contribution in [2.24, 2.45) is 11.7 Å². The molecule has 2 rings (SSSR count). The van der Waals surface area contributed by atoms with E-state index < -0.39 is 0 Å². The van der Waals surface area contributed by atoms with Gasteiger partial charge in [-0.1, -0.05) is 26.0 Å². The van der Waals surface area contributed by atoms with Gasteiger partial charge in [-0.2, -0.15) is 0 Å². The van der Waals surface area contributed by atoms with Gasteiger partial charge in [0.25, 0.3) is 0 Å². The molecule has 2 N–H and O–H groups in total. The highest BCUT2D eigenvalue weighted by molar-refractivity contribution is 5.48. The zero-order chi connectivity index (χ0) is 12.3. The summed E-state index contributed by atoms with van der Waals surface area (Å²) in [7, 11) is 0. The van der Waals surface area contributed by atoms with Crippen LogP contribution in [-0.4, -0.2) is 26.3 Å². The van der Waals surface area contributed by atoms with Crippen LogP contribution in [0.1, 0.15) is 25.5 Å². The van der Waals surface area contributed by atoms with Crippen molar-refractivity contribution in [3.05, 3.63) is 29.8 Å². The van der Waals surface area contributed by atoms with Gasteiger partial charge in [0.15, 0.2) is 0 Å². The molecule has 94 valence electrons. The summed E-state index contributed by atoms with van der Waals surface area (Å²) in [5, 5.41) is 0. The minimum atomic E-state index is 0.133. The molecule has 0 saturated carbocycles. The summed E-state index contributed by atoms with van der Waals surface area (Å²) < 4.78 is 5.35. The maximum absolute atomic E-state index is 6.13. The Morgan fingerprint density at radius 1 is 1.12 bits per heavy atom. The lowest BCUT2D eigenvalue weighted by Crippen LogP contribution is -2.36. The standard InChI is InChI=1S/C14H22N2O/c1-11(2)14(15)12-3-5-13(6-4-12)16-7-9-17-10-8-16/h3-6,11,14H,7-10,15H2,1-2H3. The topological polar surface area (TPSA) is 38.5 Å². The summed E-state index contributed by atoms with van der Waals surface area (Å²) in [6.45, 7) is 7.92. The predicted octanol–water partition coefficient (Wildman–Crippen LogP) is 2.18. The third-order valence-corrected chi connectivity index (χ3v) is 3.37. The number of hydrogen-bond donors (Lipinski definition) is 1. The Labute approximate surface area is 104 Å². The number of nitrogens with zero attached hydrogens (tertiary/aromatic N) is 1. The van der Waals surface area contributed by atoms with Crippen molar-refractivity contribution in [2.45, 2.75) is 19.9 Å². The lowest BCUT2D eigenvalue weighted by molar-refractivity contribution is 0.122. The van der Waals surface area contributed by atoms with Gasteiger partial charge in [0, 0.05) is 24.8 Å². The molecule has 0 aromatic heterocycles. The molecular weight excluding hydrogens is 212 g/mol. The number of nitrogens with two attached hydrogens (primary N) is 1. The molecule has 0 bridgehead atoms. The lowest BCUT2D eigenvalue weighted by atomic mass is 9.97. The Hall–Kier alpha value is -1.06. The Morgan fingerprint density at radius 2 is 1.71 bits per heavy atom. The van der Waals surface area contributed by atoms with Gasteiger partial charge < -0.3 is 15.4 Å². The Morgan fingerprint density at radius 3 is 2.24 bits per heavy atom. The van der Waals surface area contributed by atoms with Gasteiger partial charge in [0.1, 0.15) is 0 Å². The lowest BCUT2D eigenvalue weighted by Gasteiger charge is -2.29. The summed E-state index contributed by atoms with van der Waals surface area (Å²) in [6.07, 6.45) is 0. The molecule has 1 unspecified atom stereocenters. The van der Waals surface area contributed by atoms with Crippen molar-refractivity contribution < 1.29 is 4.74 Å². The molecule has 0 amide bonds. The molecule has 1 aliphatic heterocycles. The fourth-order valence-electron chi connectivity index (χ4n) is 2.11. The predicted molar refractivity (Wildman–Crippen MR) is 71.2 cm³/mol. The quantitative estimate of drug-likeness (QED) is 0.871. The highest BCUT2D eigenvalue weighted by Crippen LogP contribution is 2.22. The van der Waals surface area contributed by atoms with Crippen LogP contribution < -0.4 is 10.6 Å². The summed E-state index contributed by atoms with van der Waals surface area (Å²) in [5.74, 6) is 0.476. The highest BCUT2D eigenvalue weighted by atomic mass is 16.5. The van der Waals surface area contributed by atoms with Crippen LogP contribution in [0.15, 0.2) is 24.3 Å². The van der Waals surface area contributed by atoms with Gasteiger partial charge >= 0.3 is 0 Å². The van der Waals surface area contributed by atoms with Gasteiger partial charge in [0.05, 0.1) is 13.2 Å². The maximum atomic E-state index is 6.13. The van der Waals surface area contributed by atoms with Crippen molar-refractivity contribution in [1.29, 1.82) is 0 Å². The third kappa shape index (κ3) is 2.99. The fraction of sp³-hybridized carbons (Fsp3) is 0.571. The van der Waals surface area contributed by atoms with Crippen molar-refractivity contribution in [1.82, 2.24) is 0 Å². The molecule has 0 aliphatic carbocycles. The van der Waals surface area contributed by atoms with Crippen LogP contribution in [0.4, 0.5) is 5.69 Å². The largest absolute Gasteiger partial charge is 0.378 e. The van der Waals surface area contributed by atoms with E-state index in [4.69, 9.17) is 10.5 Å². The van der Waals surface area contributed by atoms with E-state index in [2.05, 4.69) is 43.0 Å². The molecule has 3 nitrogen and oxygen atoms in total. The molecule has 0 spiro atoms. The number of rotatable bonds is 3. The summed E-state index contributed by atoms with van der Waals surface area (Å²) in [6, 6.07) is 8.77. The monoisotopic (exact) mass is 234 g/mol. The van der Waals surface area contributed by atoms with Gasteiger partial charge in [-0.05, 0) is 23.6 Å². The van der Waals surface area contributed by atoms with Crippen molar-refractivity contribution in [3.63, 3.8) is 0 Å². The summed E-state index contributed by atoms with van der Waals surface area (Å²) in [4.78, 5) is 2.36. The van der Waals surface area contributed by atoms with Gasteiger partial charge in [0.2, 0.25) is 0 Å². The summed E-state index contributed by atoms with van der Waals surface area (Å²) >= 11 is 0. The molecule has 1 aliphatic rings. The first kappa shape index (κ1) is 12.4. The molecule has 17 heavy (non-hydrogen) atoms. The van der Waals surface area contributed by atoms with Crippen LogP contribution in [0.3, 0.4) is 0 Å². The number of ether oxygens (including phenoxy) is 1. The van der Waals surface area contributed by atoms with Crippen molar-refractivity contribution >= 4 is 5.69 Å². The molecule has 1 aromatic carbocycles. The number of morpholine rings is 1. The van der Waals surface area contributed by atoms with Gasteiger partial charge in [-0.3, -0.25) is 0 Å². The Balaban J connectivity index is 2.06. The van der Waals surface area contributed by atoms with E-state index in [1.807, 2.05) is 0 Å². The van der Waals surface area contributed by atoms with Crippen LogP contribution in [0.5, 0.6) is 0 Å². The molecule has 0 radical (unpaired) electrons. The smallest absolute Gasteiger partial charge is 0.0642 e. The first-order valence-corrected chi connectivity index (χ1v) is 6.36. The Bertz CT molecular complexity index is 342. The van der Waals surface area contributed by atoms with Gasteiger partial charge in [-0.15, -0.1) is 0 Å². The molecule has 1 atom stereocenters. The first-order chi connectivity index (χ1) is 8.18. The van der Waals surface area contributed by atoms with Crippen LogP contribution in [0.25, 0.3) is 0 Å². The average molecular weight is 234 g/mol. The van der Waals surface area contributed by atoms with E-state index >= 15 is 0 Å². The number of anilines is 1. The van der Waals surface area contributed by atoms with Crippen LogP contribution in [0, 0.1) is 5.92 Å². The van der Waals surface area contributed by atoms with E-state index in [9.17, 15) is 0 Å². The second-order valence-corrected chi connectivity index (χ2v) is 4.96. The molecule has 1 saturated heterocycles. The maximum Gasteiger partial charge on any atom is 0.0642 e. The fourth-order valence-corrected chi connectivity index (χ4v) is 2.11. The van der Waals surface area contributed by atoms with Gasteiger partial charge in [-0.25, -0.2) is 0 Å². The van der Waals surface area contributed by atoms with Crippen LogP contribution in [-0.2, 0) is 4.74 Å². The minimum Gasteiger partial charge on any atom is -0.378 e. The minimum absolute atomic E-state index is 0.133. The average Bonchev–Trinajstić information content (AvgIpc) is 2.39. The molecular formula is C14H22N2O. The highest BCUT2D eigenvalue weighted by Gasteiger charge is 2.13. The van der Waals surface area contributed by atoms with Crippen molar-refractivity contribution in [3.8, 4) is 0 Å². The van der Waals surface area contributed by atoms with E-state index in [0.717, 1.165) is 26.3 Å². The van der Waals surface area contributed by atoms with Crippen LogP contribution in [0.2, 0.25) is 0 Å². The molecule has 1 heterocycles. The van der Waals surface area contributed by atoms with Crippen molar-refractivity contribution in [2.75, 3.05) is 31.2 Å². The Kier molecular flexibility index (Phi) is 4.02. The zero-order valence-electron chi connectivity index (χ0n) is 10.7. The summed E-state index contributed by atoms with van der Waals surface area (Å²) in [5.41, 5.74) is 8.62. The van der Waals surface area contributed by atoms with Crippen LogP contribution >= 0.6 is 0 Å². The van der Waals surface area contributed by atoms with E-state index in [-0.39, 0.29) is 6.04 Å². The normalized spacial score (nSPS) is 18.5. The first-order valence-electron chi connectivity index (χ1n) is 6.36. The third-order valence-electron chi connectivity index (χ3n) is 3.37. The van der Waals surface area contributed by atoms with E-state index in [1.54, 1.807) is 0 Å². The second-order valence-electron chi connectivity index (χ2n) is 4.96. The SMILES string of the molecule is CC(C)C(N)c1ccc(N2CCOCC2)cc1. The molecule has 1 aromatic rings. The molecule has 3 heteroatoms. The zero-order valence-corrected chi connectivity index (χ0v) is 10.7. The van der Waals surface area contributed by atoms with E-state index in [1.165, 1.54) is 11.3 Å². The molecule has 1 fully saturated rings. The second kappa shape index (κ2) is 5.52. The number of hydrogen-bond acceptors (Lipinski definition) is 3.